The van der Waals surface area contributed by atoms with Crippen LogP contribution < -0.4 is 14.8 Å². The molecule has 3 rings (SSSR count). The summed E-state index contributed by atoms with van der Waals surface area (Å²) >= 11 is 0. The molecule has 1 aliphatic rings. The SMILES string of the molecule is CC[C@H](Oc1ccc(F)cc1)C(=O)NCc1ccc(OC2CCN(C)CC2)cc1. The second-order valence-corrected chi connectivity index (χ2v) is 7.45. The maximum atomic E-state index is 13.0. The van der Waals surface area contributed by atoms with Gasteiger partial charge in [0.25, 0.3) is 5.91 Å². The van der Waals surface area contributed by atoms with Gasteiger partial charge in [-0.05, 0) is 68.3 Å². The highest BCUT2D eigenvalue weighted by Crippen LogP contribution is 2.19. The number of piperidine rings is 1. The first-order valence-corrected chi connectivity index (χ1v) is 10.2. The van der Waals surface area contributed by atoms with Gasteiger partial charge in [-0.25, -0.2) is 4.39 Å². The summed E-state index contributed by atoms with van der Waals surface area (Å²) in [6.45, 7) is 4.42. The molecule has 1 fully saturated rings. The number of ether oxygens (including phenoxy) is 2. The van der Waals surface area contributed by atoms with Crippen LogP contribution in [0.1, 0.15) is 31.7 Å². The van der Waals surface area contributed by atoms with Crippen LogP contribution in [0.25, 0.3) is 0 Å². The number of carbonyl (C=O) groups excluding carboxylic acids is 1. The van der Waals surface area contributed by atoms with Gasteiger partial charge in [0.2, 0.25) is 0 Å². The van der Waals surface area contributed by atoms with E-state index in [2.05, 4.69) is 17.3 Å². The van der Waals surface area contributed by atoms with Crippen molar-refractivity contribution in [3.63, 3.8) is 0 Å². The number of nitrogens with zero attached hydrogens (tertiary/aromatic N) is 1. The molecule has 6 heteroatoms. The number of benzene rings is 2. The summed E-state index contributed by atoms with van der Waals surface area (Å²) in [5.74, 6) is 0.811. The largest absolute Gasteiger partial charge is 0.490 e. The number of amides is 1. The lowest BCUT2D eigenvalue weighted by atomic mass is 10.1. The summed E-state index contributed by atoms with van der Waals surface area (Å²) in [5, 5.41) is 2.90. The minimum absolute atomic E-state index is 0.191. The van der Waals surface area contributed by atoms with E-state index in [0.29, 0.717) is 18.7 Å². The monoisotopic (exact) mass is 400 g/mol. The van der Waals surface area contributed by atoms with Gasteiger partial charge in [0.15, 0.2) is 6.10 Å². The van der Waals surface area contributed by atoms with Gasteiger partial charge in [-0.2, -0.15) is 0 Å². The van der Waals surface area contributed by atoms with Gasteiger partial charge in [0.05, 0.1) is 0 Å². The van der Waals surface area contributed by atoms with Crippen molar-refractivity contribution >= 4 is 5.91 Å². The first kappa shape index (κ1) is 21.1. The Morgan fingerprint density at radius 3 is 2.34 bits per heavy atom. The molecule has 2 aromatic carbocycles. The van der Waals surface area contributed by atoms with E-state index < -0.39 is 6.10 Å². The molecule has 0 bridgehead atoms. The van der Waals surface area contributed by atoms with Gasteiger partial charge < -0.3 is 19.7 Å². The summed E-state index contributed by atoms with van der Waals surface area (Å²) in [7, 11) is 2.13. The third kappa shape index (κ3) is 6.46. The van der Waals surface area contributed by atoms with Gasteiger partial charge in [-0.3, -0.25) is 4.79 Å². The predicted molar refractivity (Wildman–Crippen MR) is 111 cm³/mol. The molecular formula is C23H29FN2O3. The van der Waals surface area contributed by atoms with Gasteiger partial charge >= 0.3 is 0 Å². The summed E-state index contributed by atoms with van der Waals surface area (Å²) < 4.78 is 24.7. The van der Waals surface area contributed by atoms with E-state index in [4.69, 9.17) is 9.47 Å². The quantitative estimate of drug-likeness (QED) is 0.733. The molecular weight excluding hydrogens is 371 g/mol. The fourth-order valence-electron chi connectivity index (χ4n) is 3.28. The number of hydrogen-bond donors (Lipinski definition) is 1. The molecule has 1 aliphatic heterocycles. The second kappa shape index (κ2) is 10.3. The number of hydrogen-bond acceptors (Lipinski definition) is 4. The smallest absolute Gasteiger partial charge is 0.261 e. The Morgan fingerprint density at radius 1 is 1.10 bits per heavy atom. The molecule has 1 saturated heterocycles. The molecule has 156 valence electrons. The lowest BCUT2D eigenvalue weighted by molar-refractivity contribution is -0.128. The van der Waals surface area contributed by atoms with Gasteiger partial charge in [0, 0.05) is 19.6 Å². The molecule has 0 radical (unpaired) electrons. The zero-order chi connectivity index (χ0) is 20.6. The number of nitrogens with one attached hydrogen (secondary N) is 1. The molecule has 1 atom stereocenters. The first-order chi connectivity index (χ1) is 14.0. The zero-order valence-electron chi connectivity index (χ0n) is 17.1. The standard InChI is InChI=1S/C23H29FN2O3/c1-3-22(29-20-10-6-18(24)7-11-20)23(27)25-16-17-4-8-19(9-5-17)28-21-12-14-26(2)15-13-21/h4-11,21-22H,3,12-16H2,1-2H3,(H,25,27)/t22-/m0/s1. The van der Waals surface area contributed by atoms with Crippen LogP contribution in [0.5, 0.6) is 11.5 Å². The molecule has 0 aliphatic carbocycles. The molecule has 0 saturated carbocycles. The lowest BCUT2D eigenvalue weighted by Crippen LogP contribution is -2.37. The second-order valence-electron chi connectivity index (χ2n) is 7.45. The van der Waals surface area contributed by atoms with Crippen molar-refractivity contribution in [2.24, 2.45) is 0 Å². The highest BCUT2D eigenvalue weighted by Gasteiger charge is 2.19. The Balaban J connectivity index is 1.46. The van der Waals surface area contributed by atoms with E-state index in [9.17, 15) is 9.18 Å². The third-order valence-corrected chi connectivity index (χ3v) is 5.11. The summed E-state index contributed by atoms with van der Waals surface area (Å²) in [6, 6.07) is 13.5. The number of rotatable bonds is 8. The average Bonchev–Trinajstić information content (AvgIpc) is 2.74. The molecule has 0 aromatic heterocycles. The topological polar surface area (TPSA) is 50.8 Å². The Kier molecular flexibility index (Phi) is 7.47. The molecule has 1 N–H and O–H groups in total. The highest BCUT2D eigenvalue weighted by molar-refractivity contribution is 5.81. The molecule has 0 spiro atoms. The third-order valence-electron chi connectivity index (χ3n) is 5.11. The number of likely N-dealkylation sites (tertiary alicyclic amines) is 1. The van der Waals surface area contributed by atoms with Crippen LogP contribution in [0.15, 0.2) is 48.5 Å². The van der Waals surface area contributed by atoms with Gasteiger partial charge in [0.1, 0.15) is 23.4 Å². The van der Waals surface area contributed by atoms with Crippen molar-refractivity contribution in [2.75, 3.05) is 20.1 Å². The molecule has 1 amide bonds. The Bertz CT molecular complexity index is 772. The maximum Gasteiger partial charge on any atom is 0.261 e. The van der Waals surface area contributed by atoms with Crippen LogP contribution in [0.2, 0.25) is 0 Å². The van der Waals surface area contributed by atoms with Crippen LogP contribution >= 0.6 is 0 Å². The van der Waals surface area contributed by atoms with Crippen LogP contribution in [0.4, 0.5) is 4.39 Å². The Labute approximate surface area is 171 Å². The minimum atomic E-state index is -0.618. The molecule has 29 heavy (non-hydrogen) atoms. The van der Waals surface area contributed by atoms with Crippen molar-refractivity contribution in [1.29, 1.82) is 0 Å². The number of carbonyl (C=O) groups is 1. The van der Waals surface area contributed by atoms with E-state index in [1.807, 2.05) is 31.2 Å². The minimum Gasteiger partial charge on any atom is -0.490 e. The summed E-state index contributed by atoms with van der Waals surface area (Å²) in [5.41, 5.74) is 0.991. The molecule has 1 heterocycles. The molecule has 0 unspecified atom stereocenters. The van der Waals surface area contributed by atoms with Crippen molar-refractivity contribution in [2.45, 2.75) is 44.9 Å². The lowest BCUT2D eigenvalue weighted by Gasteiger charge is -2.29. The zero-order valence-corrected chi connectivity index (χ0v) is 17.1. The van der Waals surface area contributed by atoms with Crippen LogP contribution in [-0.2, 0) is 11.3 Å². The van der Waals surface area contributed by atoms with Crippen LogP contribution in [-0.4, -0.2) is 43.2 Å². The first-order valence-electron chi connectivity index (χ1n) is 10.2. The van der Waals surface area contributed by atoms with Crippen LogP contribution in [0, 0.1) is 5.82 Å². The summed E-state index contributed by atoms with van der Waals surface area (Å²) in [6.07, 6.45) is 2.26. The normalized spacial score (nSPS) is 16.2. The van der Waals surface area contributed by atoms with E-state index >= 15 is 0 Å². The highest BCUT2D eigenvalue weighted by atomic mass is 19.1. The van der Waals surface area contributed by atoms with Crippen molar-refractivity contribution in [3.05, 3.63) is 59.9 Å². The van der Waals surface area contributed by atoms with Crippen molar-refractivity contribution in [3.8, 4) is 11.5 Å². The van der Waals surface area contributed by atoms with Crippen molar-refractivity contribution < 1.29 is 18.7 Å². The van der Waals surface area contributed by atoms with E-state index in [1.54, 1.807) is 0 Å². The van der Waals surface area contributed by atoms with E-state index in [-0.39, 0.29) is 17.8 Å². The Morgan fingerprint density at radius 2 is 1.72 bits per heavy atom. The molecule has 5 nitrogen and oxygen atoms in total. The summed E-state index contributed by atoms with van der Waals surface area (Å²) in [4.78, 5) is 14.8. The van der Waals surface area contributed by atoms with E-state index in [1.165, 1.54) is 24.3 Å². The number of halogens is 1. The van der Waals surface area contributed by atoms with Crippen LogP contribution in [0.3, 0.4) is 0 Å². The van der Waals surface area contributed by atoms with Gasteiger partial charge in [-0.15, -0.1) is 0 Å². The van der Waals surface area contributed by atoms with Crippen molar-refractivity contribution in [1.82, 2.24) is 10.2 Å². The van der Waals surface area contributed by atoms with E-state index in [0.717, 1.165) is 37.2 Å². The average molecular weight is 400 g/mol. The molecule has 2 aromatic rings. The fraction of sp³-hybridized carbons (Fsp3) is 0.435. The fourth-order valence-corrected chi connectivity index (χ4v) is 3.28. The maximum absolute atomic E-state index is 13.0. The predicted octanol–water partition coefficient (Wildman–Crippen LogP) is 3.77. The Hall–Kier alpha value is -2.60. The van der Waals surface area contributed by atoms with Gasteiger partial charge in [-0.1, -0.05) is 19.1 Å².